The minimum absolute atomic E-state index is 1.20. The highest BCUT2D eigenvalue weighted by molar-refractivity contribution is 5.96. The van der Waals surface area contributed by atoms with Crippen LogP contribution in [-0.4, -0.2) is 4.98 Å². The molecule has 1 heterocycles. The van der Waals surface area contributed by atoms with Crippen molar-refractivity contribution in [3.8, 4) is 11.1 Å². The highest BCUT2D eigenvalue weighted by Crippen LogP contribution is 2.30. The summed E-state index contributed by atoms with van der Waals surface area (Å²) >= 11 is 0. The summed E-state index contributed by atoms with van der Waals surface area (Å²) in [7, 11) is 0. The van der Waals surface area contributed by atoms with E-state index >= 15 is 0 Å². The molecule has 0 amide bonds. The van der Waals surface area contributed by atoms with E-state index in [9.17, 15) is 0 Å². The fraction of sp³-hybridized carbons (Fsp3) is 0.176. The third-order valence-electron chi connectivity index (χ3n) is 3.66. The summed E-state index contributed by atoms with van der Waals surface area (Å²) in [5.41, 5.74) is 7.76. The molecule has 0 saturated heterocycles. The fourth-order valence-corrected chi connectivity index (χ4v) is 2.38. The third kappa shape index (κ3) is 1.72. The standard InChI is InChI=1S/C17H17N/c1-11-4-7-17-15(8-11)16(10-18-17)14-6-5-12(2)13(3)9-14/h4-10,18H,1-3H3. The molecule has 0 fully saturated rings. The van der Waals surface area contributed by atoms with Gasteiger partial charge in [-0.15, -0.1) is 0 Å². The van der Waals surface area contributed by atoms with Gasteiger partial charge in [0, 0.05) is 22.7 Å². The highest BCUT2D eigenvalue weighted by Gasteiger charge is 2.06. The lowest BCUT2D eigenvalue weighted by Gasteiger charge is -2.04. The summed E-state index contributed by atoms with van der Waals surface area (Å²) in [6.07, 6.45) is 2.11. The number of benzene rings is 2. The Morgan fingerprint density at radius 2 is 1.67 bits per heavy atom. The Labute approximate surface area is 107 Å². The summed E-state index contributed by atoms with van der Waals surface area (Å²) in [6, 6.07) is 13.2. The number of aryl methyl sites for hydroxylation is 3. The van der Waals surface area contributed by atoms with Crippen molar-refractivity contribution in [3.05, 3.63) is 59.3 Å². The first-order valence-corrected chi connectivity index (χ1v) is 6.30. The van der Waals surface area contributed by atoms with E-state index in [0.717, 1.165) is 0 Å². The Morgan fingerprint density at radius 3 is 2.44 bits per heavy atom. The third-order valence-corrected chi connectivity index (χ3v) is 3.66. The Hall–Kier alpha value is -2.02. The molecule has 1 aromatic heterocycles. The van der Waals surface area contributed by atoms with Crippen molar-refractivity contribution in [2.45, 2.75) is 20.8 Å². The maximum Gasteiger partial charge on any atom is 0.0460 e. The monoisotopic (exact) mass is 235 g/mol. The van der Waals surface area contributed by atoms with Gasteiger partial charge in [-0.1, -0.05) is 29.8 Å². The number of nitrogens with one attached hydrogen (secondary N) is 1. The second-order valence-corrected chi connectivity index (χ2v) is 5.05. The van der Waals surface area contributed by atoms with Gasteiger partial charge in [-0.2, -0.15) is 0 Å². The van der Waals surface area contributed by atoms with E-state index < -0.39 is 0 Å². The minimum Gasteiger partial charge on any atom is -0.361 e. The molecule has 3 aromatic rings. The summed E-state index contributed by atoms with van der Waals surface area (Å²) in [6.45, 7) is 6.45. The van der Waals surface area contributed by atoms with E-state index in [-0.39, 0.29) is 0 Å². The zero-order valence-corrected chi connectivity index (χ0v) is 11.0. The molecule has 0 aliphatic rings. The van der Waals surface area contributed by atoms with E-state index in [2.05, 4.69) is 68.4 Å². The molecule has 0 spiro atoms. The molecule has 0 saturated carbocycles. The first-order chi connectivity index (χ1) is 8.65. The minimum atomic E-state index is 1.20. The molecule has 1 heteroatoms. The Balaban J connectivity index is 2.24. The molecule has 90 valence electrons. The summed E-state index contributed by atoms with van der Waals surface area (Å²) in [4.78, 5) is 3.35. The van der Waals surface area contributed by atoms with Gasteiger partial charge in [0.15, 0.2) is 0 Å². The van der Waals surface area contributed by atoms with Crippen LogP contribution in [0.1, 0.15) is 16.7 Å². The van der Waals surface area contributed by atoms with Gasteiger partial charge >= 0.3 is 0 Å². The lowest BCUT2D eigenvalue weighted by Crippen LogP contribution is -1.82. The van der Waals surface area contributed by atoms with E-state index in [4.69, 9.17) is 0 Å². The van der Waals surface area contributed by atoms with Crippen LogP contribution < -0.4 is 0 Å². The second-order valence-electron chi connectivity index (χ2n) is 5.05. The van der Waals surface area contributed by atoms with Crippen LogP contribution in [-0.2, 0) is 0 Å². The fourth-order valence-electron chi connectivity index (χ4n) is 2.38. The van der Waals surface area contributed by atoms with Gasteiger partial charge in [-0.05, 0) is 49.6 Å². The van der Waals surface area contributed by atoms with Crippen molar-refractivity contribution in [2.75, 3.05) is 0 Å². The molecule has 0 aliphatic heterocycles. The quantitative estimate of drug-likeness (QED) is 0.626. The Morgan fingerprint density at radius 1 is 0.833 bits per heavy atom. The van der Waals surface area contributed by atoms with Crippen molar-refractivity contribution >= 4 is 10.9 Å². The molecule has 2 aromatic carbocycles. The number of aromatic nitrogens is 1. The second kappa shape index (κ2) is 4.02. The van der Waals surface area contributed by atoms with Crippen LogP contribution in [0.25, 0.3) is 22.0 Å². The van der Waals surface area contributed by atoms with Crippen molar-refractivity contribution < 1.29 is 0 Å². The van der Waals surface area contributed by atoms with E-state index in [1.54, 1.807) is 0 Å². The van der Waals surface area contributed by atoms with E-state index in [1.807, 2.05) is 0 Å². The largest absolute Gasteiger partial charge is 0.361 e. The first kappa shape index (κ1) is 11.1. The Bertz CT molecular complexity index is 720. The van der Waals surface area contributed by atoms with Gasteiger partial charge in [-0.3, -0.25) is 0 Å². The van der Waals surface area contributed by atoms with Crippen LogP contribution in [0, 0.1) is 20.8 Å². The van der Waals surface area contributed by atoms with Gasteiger partial charge < -0.3 is 4.98 Å². The predicted molar refractivity (Wildman–Crippen MR) is 77.9 cm³/mol. The lowest BCUT2D eigenvalue weighted by atomic mass is 9.99. The van der Waals surface area contributed by atoms with Gasteiger partial charge in [0.1, 0.15) is 0 Å². The summed E-state index contributed by atoms with van der Waals surface area (Å²) < 4.78 is 0. The van der Waals surface area contributed by atoms with Crippen LogP contribution in [0.5, 0.6) is 0 Å². The van der Waals surface area contributed by atoms with Crippen molar-refractivity contribution in [3.63, 3.8) is 0 Å². The number of rotatable bonds is 1. The maximum absolute atomic E-state index is 3.35. The zero-order chi connectivity index (χ0) is 12.7. The summed E-state index contributed by atoms with van der Waals surface area (Å²) in [5.74, 6) is 0. The topological polar surface area (TPSA) is 15.8 Å². The predicted octanol–water partition coefficient (Wildman–Crippen LogP) is 4.76. The van der Waals surface area contributed by atoms with E-state index in [1.165, 1.54) is 38.7 Å². The number of H-pyrrole nitrogens is 1. The molecule has 0 atom stereocenters. The Kier molecular flexibility index (Phi) is 2.48. The maximum atomic E-state index is 3.35. The number of hydrogen-bond donors (Lipinski definition) is 1. The molecule has 0 radical (unpaired) electrons. The molecular weight excluding hydrogens is 218 g/mol. The van der Waals surface area contributed by atoms with Crippen LogP contribution in [0.3, 0.4) is 0 Å². The van der Waals surface area contributed by atoms with Crippen molar-refractivity contribution in [2.24, 2.45) is 0 Å². The van der Waals surface area contributed by atoms with E-state index in [0.29, 0.717) is 0 Å². The summed E-state index contributed by atoms with van der Waals surface area (Å²) in [5, 5.41) is 1.30. The number of hydrogen-bond acceptors (Lipinski definition) is 0. The lowest BCUT2D eigenvalue weighted by molar-refractivity contribution is 1.34. The van der Waals surface area contributed by atoms with Gasteiger partial charge in [0.25, 0.3) is 0 Å². The molecule has 0 aliphatic carbocycles. The van der Waals surface area contributed by atoms with Crippen LogP contribution >= 0.6 is 0 Å². The van der Waals surface area contributed by atoms with Crippen LogP contribution in [0.15, 0.2) is 42.6 Å². The normalized spacial score (nSPS) is 11.1. The number of fused-ring (bicyclic) bond motifs is 1. The van der Waals surface area contributed by atoms with Gasteiger partial charge in [0.05, 0.1) is 0 Å². The average Bonchev–Trinajstić information content (AvgIpc) is 2.75. The first-order valence-electron chi connectivity index (χ1n) is 6.30. The van der Waals surface area contributed by atoms with Crippen LogP contribution in [0.4, 0.5) is 0 Å². The van der Waals surface area contributed by atoms with Crippen molar-refractivity contribution in [1.29, 1.82) is 0 Å². The van der Waals surface area contributed by atoms with Crippen molar-refractivity contribution in [1.82, 2.24) is 4.98 Å². The molecule has 3 rings (SSSR count). The number of aromatic amines is 1. The molecule has 0 bridgehead atoms. The smallest absolute Gasteiger partial charge is 0.0460 e. The highest BCUT2D eigenvalue weighted by atomic mass is 14.7. The van der Waals surface area contributed by atoms with Gasteiger partial charge in [0.2, 0.25) is 0 Å². The SMILES string of the molecule is Cc1ccc2[nH]cc(-c3ccc(C)c(C)c3)c2c1. The average molecular weight is 235 g/mol. The van der Waals surface area contributed by atoms with Gasteiger partial charge in [-0.25, -0.2) is 0 Å². The molecular formula is C17H17N. The zero-order valence-electron chi connectivity index (χ0n) is 11.0. The molecule has 18 heavy (non-hydrogen) atoms. The molecule has 1 N–H and O–H groups in total. The molecule has 1 nitrogen and oxygen atoms in total. The van der Waals surface area contributed by atoms with Crippen LogP contribution in [0.2, 0.25) is 0 Å². The molecule has 0 unspecified atom stereocenters.